The summed E-state index contributed by atoms with van der Waals surface area (Å²) in [5.41, 5.74) is 1.01. The number of aromatic nitrogens is 1. The molecule has 0 bridgehead atoms. The number of benzene rings is 1. The number of amides is 1. The molecule has 0 spiro atoms. The molecule has 0 fully saturated rings. The van der Waals surface area contributed by atoms with Crippen LogP contribution in [0.25, 0.3) is 0 Å². The van der Waals surface area contributed by atoms with Crippen molar-refractivity contribution in [3.05, 3.63) is 39.8 Å². The summed E-state index contributed by atoms with van der Waals surface area (Å²) in [6.45, 7) is 2.41. The minimum absolute atomic E-state index is 0.0397. The number of nitrogens with one attached hydrogen (secondary N) is 1. The van der Waals surface area contributed by atoms with Crippen molar-refractivity contribution in [2.75, 3.05) is 11.9 Å². The highest BCUT2D eigenvalue weighted by atomic mass is 32.1. The third-order valence-corrected chi connectivity index (χ3v) is 4.22. The summed E-state index contributed by atoms with van der Waals surface area (Å²) in [6, 6.07) is 5.86. The normalized spacial score (nSPS) is 11.4. The van der Waals surface area contributed by atoms with Crippen LogP contribution in [0.3, 0.4) is 0 Å². The van der Waals surface area contributed by atoms with Gasteiger partial charge in [0.15, 0.2) is 6.61 Å². The number of carbonyl (C=O) groups excluding carboxylic acids is 1. The van der Waals surface area contributed by atoms with Crippen molar-refractivity contribution < 1.29 is 22.7 Å². The van der Waals surface area contributed by atoms with Gasteiger partial charge in [-0.25, -0.2) is 4.98 Å². The fraction of sp³-hybridized carbons (Fsp3) is 0.375. The second-order valence-electron chi connectivity index (χ2n) is 5.16. The molecule has 0 atom stereocenters. The van der Waals surface area contributed by atoms with Gasteiger partial charge in [-0.2, -0.15) is 13.2 Å². The van der Waals surface area contributed by atoms with Crippen molar-refractivity contribution in [3.63, 3.8) is 0 Å². The fourth-order valence-corrected chi connectivity index (χ4v) is 3.06. The molecule has 2 rings (SSSR count). The molecule has 0 aliphatic rings. The number of thiazole rings is 1. The highest BCUT2D eigenvalue weighted by Gasteiger charge is 2.28. The maximum Gasteiger partial charge on any atom is 0.422 e. The van der Waals surface area contributed by atoms with Crippen molar-refractivity contribution >= 4 is 22.9 Å². The monoisotopic (exact) mass is 358 g/mol. The molecule has 0 saturated heterocycles. The van der Waals surface area contributed by atoms with Gasteiger partial charge in [0, 0.05) is 11.8 Å². The van der Waals surface area contributed by atoms with Gasteiger partial charge in [0.25, 0.3) is 5.91 Å². The van der Waals surface area contributed by atoms with Gasteiger partial charge in [0.2, 0.25) is 0 Å². The van der Waals surface area contributed by atoms with E-state index < -0.39 is 12.8 Å². The van der Waals surface area contributed by atoms with Gasteiger partial charge in [-0.3, -0.25) is 4.79 Å². The fourth-order valence-electron chi connectivity index (χ4n) is 2.00. The van der Waals surface area contributed by atoms with Crippen LogP contribution in [-0.4, -0.2) is 23.7 Å². The topological polar surface area (TPSA) is 51.2 Å². The molecule has 0 saturated carbocycles. The Kier molecular flexibility index (Phi) is 5.82. The van der Waals surface area contributed by atoms with E-state index in [1.807, 2.05) is 6.92 Å². The SMILES string of the molecule is CCCc1nc(C)c(C(=O)Nc2cccc(OCC(F)(F)F)c2)s1. The Morgan fingerprint density at radius 2 is 2.12 bits per heavy atom. The number of hydrogen-bond donors (Lipinski definition) is 1. The van der Waals surface area contributed by atoms with Crippen LogP contribution in [0.1, 0.15) is 33.7 Å². The maximum absolute atomic E-state index is 12.3. The van der Waals surface area contributed by atoms with Crippen LogP contribution in [0.2, 0.25) is 0 Å². The van der Waals surface area contributed by atoms with Gasteiger partial charge < -0.3 is 10.1 Å². The van der Waals surface area contributed by atoms with Crippen molar-refractivity contribution in [1.29, 1.82) is 0 Å². The Morgan fingerprint density at radius 3 is 2.79 bits per heavy atom. The molecule has 130 valence electrons. The molecular weight excluding hydrogens is 341 g/mol. The molecule has 0 radical (unpaired) electrons. The first-order valence-electron chi connectivity index (χ1n) is 7.35. The predicted molar refractivity (Wildman–Crippen MR) is 86.8 cm³/mol. The summed E-state index contributed by atoms with van der Waals surface area (Å²) in [7, 11) is 0. The molecule has 0 unspecified atom stereocenters. The summed E-state index contributed by atoms with van der Waals surface area (Å²) in [4.78, 5) is 17.2. The molecule has 24 heavy (non-hydrogen) atoms. The van der Waals surface area contributed by atoms with Crippen molar-refractivity contribution in [2.24, 2.45) is 0 Å². The van der Waals surface area contributed by atoms with Gasteiger partial charge in [0.1, 0.15) is 10.6 Å². The average Bonchev–Trinajstić information content (AvgIpc) is 2.86. The Balaban J connectivity index is 2.06. The second-order valence-corrected chi connectivity index (χ2v) is 6.24. The third-order valence-electron chi connectivity index (χ3n) is 3.01. The number of carbonyl (C=O) groups is 1. The molecule has 0 aliphatic carbocycles. The number of alkyl halides is 3. The van der Waals surface area contributed by atoms with E-state index in [-0.39, 0.29) is 11.7 Å². The first kappa shape index (κ1) is 18.3. The number of ether oxygens (including phenoxy) is 1. The lowest BCUT2D eigenvalue weighted by atomic mass is 10.3. The van der Waals surface area contributed by atoms with Crippen molar-refractivity contribution in [1.82, 2.24) is 4.98 Å². The lowest BCUT2D eigenvalue weighted by molar-refractivity contribution is -0.153. The van der Waals surface area contributed by atoms with E-state index in [0.29, 0.717) is 16.3 Å². The van der Waals surface area contributed by atoms with Gasteiger partial charge in [-0.1, -0.05) is 13.0 Å². The molecule has 1 aromatic heterocycles. The van der Waals surface area contributed by atoms with Gasteiger partial charge >= 0.3 is 6.18 Å². The minimum Gasteiger partial charge on any atom is -0.484 e. The highest BCUT2D eigenvalue weighted by Crippen LogP contribution is 2.24. The lowest BCUT2D eigenvalue weighted by Gasteiger charge is -2.10. The van der Waals surface area contributed by atoms with E-state index in [2.05, 4.69) is 15.0 Å². The van der Waals surface area contributed by atoms with Gasteiger partial charge in [-0.05, 0) is 31.9 Å². The Bertz CT molecular complexity index is 714. The molecule has 1 heterocycles. The van der Waals surface area contributed by atoms with Crippen LogP contribution in [-0.2, 0) is 6.42 Å². The van der Waals surface area contributed by atoms with Crippen LogP contribution >= 0.6 is 11.3 Å². The van der Waals surface area contributed by atoms with Gasteiger partial charge in [-0.15, -0.1) is 11.3 Å². The summed E-state index contributed by atoms with van der Waals surface area (Å²) < 4.78 is 41.2. The zero-order valence-electron chi connectivity index (χ0n) is 13.2. The molecule has 8 heteroatoms. The van der Waals surface area contributed by atoms with E-state index in [1.54, 1.807) is 13.0 Å². The summed E-state index contributed by atoms with van der Waals surface area (Å²) in [5.74, 6) is -0.293. The highest BCUT2D eigenvalue weighted by molar-refractivity contribution is 7.13. The summed E-state index contributed by atoms with van der Waals surface area (Å²) in [5, 5.41) is 3.55. The molecule has 2 aromatic rings. The first-order chi connectivity index (χ1) is 11.3. The molecular formula is C16H17F3N2O2S. The Hall–Kier alpha value is -2.09. The Morgan fingerprint density at radius 1 is 1.38 bits per heavy atom. The smallest absolute Gasteiger partial charge is 0.422 e. The van der Waals surface area contributed by atoms with Crippen LogP contribution in [0.5, 0.6) is 5.75 Å². The van der Waals surface area contributed by atoms with Crippen molar-refractivity contribution in [3.8, 4) is 5.75 Å². The number of aryl methyl sites for hydroxylation is 2. The average molecular weight is 358 g/mol. The van der Waals surface area contributed by atoms with Crippen molar-refractivity contribution in [2.45, 2.75) is 32.9 Å². The number of rotatable bonds is 6. The van der Waals surface area contributed by atoms with Crippen LogP contribution in [0.4, 0.5) is 18.9 Å². The predicted octanol–water partition coefficient (Wildman–Crippen LogP) is 4.60. The number of hydrogen-bond acceptors (Lipinski definition) is 4. The number of halogens is 3. The molecule has 4 nitrogen and oxygen atoms in total. The first-order valence-corrected chi connectivity index (χ1v) is 8.17. The quantitative estimate of drug-likeness (QED) is 0.821. The summed E-state index contributed by atoms with van der Waals surface area (Å²) in [6.07, 6.45) is -2.67. The Labute approximate surface area is 141 Å². The van der Waals surface area contributed by atoms with Crippen LogP contribution in [0.15, 0.2) is 24.3 Å². The second kappa shape index (κ2) is 7.65. The summed E-state index contributed by atoms with van der Waals surface area (Å²) >= 11 is 1.33. The van der Waals surface area contributed by atoms with E-state index in [9.17, 15) is 18.0 Å². The maximum atomic E-state index is 12.3. The molecule has 1 aromatic carbocycles. The van der Waals surface area contributed by atoms with E-state index in [0.717, 1.165) is 17.8 Å². The zero-order valence-corrected chi connectivity index (χ0v) is 14.1. The number of anilines is 1. The van der Waals surface area contributed by atoms with E-state index in [4.69, 9.17) is 0 Å². The van der Waals surface area contributed by atoms with Gasteiger partial charge in [0.05, 0.1) is 10.7 Å². The third kappa shape index (κ3) is 5.23. The molecule has 1 N–H and O–H groups in total. The standard InChI is InChI=1S/C16H17F3N2O2S/c1-3-5-13-20-10(2)14(24-13)15(22)21-11-6-4-7-12(8-11)23-9-16(17,18)19/h4,6-8H,3,5,9H2,1-2H3,(H,21,22). The van der Waals surface area contributed by atoms with E-state index in [1.165, 1.54) is 29.5 Å². The van der Waals surface area contributed by atoms with E-state index >= 15 is 0 Å². The van der Waals surface area contributed by atoms with Crippen LogP contribution in [0, 0.1) is 6.92 Å². The lowest BCUT2D eigenvalue weighted by Crippen LogP contribution is -2.19. The minimum atomic E-state index is -4.41. The number of nitrogens with zero attached hydrogens (tertiary/aromatic N) is 1. The largest absolute Gasteiger partial charge is 0.484 e. The van der Waals surface area contributed by atoms with Crippen LogP contribution < -0.4 is 10.1 Å². The molecule has 1 amide bonds. The molecule has 0 aliphatic heterocycles. The zero-order chi connectivity index (χ0) is 17.7.